The fourth-order valence-corrected chi connectivity index (χ4v) is 0.674. The molecule has 0 aromatic carbocycles. The highest BCUT2D eigenvalue weighted by Crippen LogP contribution is 2.08. The molecular formula is C8H10N2O. The summed E-state index contributed by atoms with van der Waals surface area (Å²) in [5.41, 5.74) is 0.800. The summed E-state index contributed by atoms with van der Waals surface area (Å²) in [5, 5.41) is 0. The van der Waals surface area contributed by atoms with Crippen molar-refractivity contribution in [2.24, 2.45) is 0 Å². The molecule has 3 heteroatoms. The van der Waals surface area contributed by atoms with E-state index in [1.54, 1.807) is 18.5 Å². The van der Waals surface area contributed by atoms with E-state index in [-0.39, 0.29) is 0 Å². The van der Waals surface area contributed by atoms with Crippen LogP contribution < -0.4 is 4.74 Å². The normalized spacial score (nSPS) is 9.18. The molecule has 0 atom stereocenters. The van der Waals surface area contributed by atoms with E-state index in [9.17, 15) is 0 Å². The van der Waals surface area contributed by atoms with E-state index in [1.165, 1.54) is 0 Å². The summed E-state index contributed by atoms with van der Waals surface area (Å²) in [6.45, 7) is 5.86. The zero-order valence-corrected chi connectivity index (χ0v) is 6.45. The van der Waals surface area contributed by atoms with Crippen LogP contribution in [-0.2, 0) is 0 Å². The van der Waals surface area contributed by atoms with Crippen LogP contribution in [0.3, 0.4) is 0 Å². The van der Waals surface area contributed by atoms with Gasteiger partial charge in [-0.15, -0.1) is 0 Å². The maximum atomic E-state index is 5.19. The summed E-state index contributed by atoms with van der Waals surface area (Å²) in [7, 11) is 0. The van der Waals surface area contributed by atoms with Crippen molar-refractivity contribution in [1.29, 1.82) is 0 Å². The van der Waals surface area contributed by atoms with Gasteiger partial charge in [-0.05, 0) is 6.92 Å². The van der Waals surface area contributed by atoms with E-state index in [1.807, 2.05) is 6.92 Å². The molecule has 0 unspecified atom stereocenters. The van der Waals surface area contributed by atoms with Gasteiger partial charge in [-0.25, -0.2) is 4.98 Å². The van der Waals surface area contributed by atoms with Gasteiger partial charge in [0, 0.05) is 12.4 Å². The summed E-state index contributed by atoms with van der Waals surface area (Å²) < 4.78 is 5.19. The van der Waals surface area contributed by atoms with Crippen molar-refractivity contribution >= 4 is 0 Å². The lowest BCUT2D eigenvalue weighted by Gasteiger charge is -2.02. The van der Waals surface area contributed by atoms with Crippen molar-refractivity contribution in [3.8, 4) is 5.88 Å². The average Bonchev–Trinajstić information content (AvgIpc) is 2.03. The quantitative estimate of drug-likeness (QED) is 0.610. The van der Waals surface area contributed by atoms with Crippen molar-refractivity contribution in [3.05, 3.63) is 30.7 Å². The first-order valence-corrected chi connectivity index (χ1v) is 3.36. The van der Waals surface area contributed by atoms with Gasteiger partial charge in [-0.2, -0.15) is 0 Å². The maximum absolute atomic E-state index is 5.19. The number of aryl methyl sites for hydroxylation is 1. The van der Waals surface area contributed by atoms with E-state index < -0.39 is 0 Å². The molecule has 0 bridgehead atoms. The van der Waals surface area contributed by atoms with Crippen LogP contribution >= 0.6 is 0 Å². The summed E-state index contributed by atoms with van der Waals surface area (Å²) in [5.74, 6) is 0.576. The monoisotopic (exact) mass is 150 g/mol. The Hall–Kier alpha value is -1.38. The SMILES string of the molecule is C=CCOc1nccnc1C. The Morgan fingerprint density at radius 1 is 1.55 bits per heavy atom. The summed E-state index contributed by atoms with van der Waals surface area (Å²) in [4.78, 5) is 7.99. The average molecular weight is 150 g/mol. The van der Waals surface area contributed by atoms with Crippen molar-refractivity contribution in [3.63, 3.8) is 0 Å². The number of aromatic nitrogens is 2. The third-order valence-electron chi connectivity index (χ3n) is 1.17. The smallest absolute Gasteiger partial charge is 0.235 e. The highest BCUT2D eigenvalue weighted by atomic mass is 16.5. The van der Waals surface area contributed by atoms with Gasteiger partial charge in [0.15, 0.2) is 0 Å². The number of rotatable bonds is 3. The minimum atomic E-state index is 0.472. The lowest BCUT2D eigenvalue weighted by atomic mass is 10.5. The van der Waals surface area contributed by atoms with Crippen molar-refractivity contribution in [1.82, 2.24) is 9.97 Å². The van der Waals surface area contributed by atoms with Crippen LogP contribution in [0.5, 0.6) is 5.88 Å². The molecule has 0 N–H and O–H groups in total. The Kier molecular flexibility index (Phi) is 2.60. The lowest BCUT2D eigenvalue weighted by Crippen LogP contribution is -1.98. The first-order valence-electron chi connectivity index (χ1n) is 3.36. The minimum Gasteiger partial charge on any atom is -0.472 e. The second kappa shape index (κ2) is 3.71. The molecule has 0 spiro atoms. The Morgan fingerprint density at radius 2 is 2.27 bits per heavy atom. The van der Waals surface area contributed by atoms with Crippen LogP contribution in [0.2, 0.25) is 0 Å². The molecule has 0 saturated heterocycles. The van der Waals surface area contributed by atoms with Crippen LogP contribution in [0.1, 0.15) is 5.69 Å². The number of ether oxygens (including phenoxy) is 1. The lowest BCUT2D eigenvalue weighted by molar-refractivity contribution is 0.343. The molecule has 0 aliphatic rings. The van der Waals surface area contributed by atoms with E-state index in [4.69, 9.17) is 4.74 Å². The topological polar surface area (TPSA) is 35.0 Å². The van der Waals surface area contributed by atoms with Gasteiger partial charge in [0.2, 0.25) is 5.88 Å². The summed E-state index contributed by atoms with van der Waals surface area (Å²) in [6, 6.07) is 0. The number of hydrogen-bond donors (Lipinski definition) is 0. The van der Waals surface area contributed by atoms with E-state index in [0.29, 0.717) is 12.5 Å². The zero-order chi connectivity index (χ0) is 8.10. The Morgan fingerprint density at radius 3 is 2.91 bits per heavy atom. The maximum Gasteiger partial charge on any atom is 0.235 e. The van der Waals surface area contributed by atoms with E-state index in [2.05, 4.69) is 16.5 Å². The molecular weight excluding hydrogens is 140 g/mol. The van der Waals surface area contributed by atoms with E-state index >= 15 is 0 Å². The molecule has 3 nitrogen and oxygen atoms in total. The second-order valence-electron chi connectivity index (χ2n) is 2.05. The summed E-state index contributed by atoms with van der Waals surface area (Å²) >= 11 is 0. The molecule has 1 rings (SSSR count). The fraction of sp³-hybridized carbons (Fsp3) is 0.250. The molecule has 11 heavy (non-hydrogen) atoms. The van der Waals surface area contributed by atoms with Crippen LogP contribution in [-0.4, -0.2) is 16.6 Å². The van der Waals surface area contributed by atoms with Gasteiger partial charge in [-0.3, -0.25) is 4.98 Å². The van der Waals surface area contributed by atoms with E-state index in [0.717, 1.165) is 5.69 Å². The molecule has 1 aromatic rings. The molecule has 58 valence electrons. The molecule has 0 fully saturated rings. The molecule has 1 aromatic heterocycles. The standard InChI is InChI=1S/C8H10N2O/c1-3-6-11-8-7(2)9-4-5-10-8/h3-5H,1,6H2,2H3. The Balaban J connectivity index is 2.69. The first kappa shape index (κ1) is 7.72. The van der Waals surface area contributed by atoms with Crippen molar-refractivity contribution < 1.29 is 4.74 Å². The molecule has 0 radical (unpaired) electrons. The Labute approximate surface area is 65.8 Å². The van der Waals surface area contributed by atoms with Crippen molar-refractivity contribution in [2.45, 2.75) is 6.92 Å². The number of hydrogen-bond acceptors (Lipinski definition) is 3. The van der Waals surface area contributed by atoms with Crippen LogP contribution in [0, 0.1) is 6.92 Å². The highest BCUT2D eigenvalue weighted by Gasteiger charge is 1.97. The van der Waals surface area contributed by atoms with Gasteiger partial charge in [0.25, 0.3) is 0 Å². The predicted molar refractivity (Wildman–Crippen MR) is 42.5 cm³/mol. The zero-order valence-electron chi connectivity index (χ0n) is 6.45. The highest BCUT2D eigenvalue weighted by molar-refractivity contribution is 5.14. The van der Waals surface area contributed by atoms with Crippen LogP contribution in [0.25, 0.3) is 0 Å². The Bertz CT molecular complexity index is 248. The predicted octanol–water partition coefficient (Wildman–Crippen LogP) is 1.35. The molecule has 0 aliphatic carbocycles. The molecule has 0 saturated carbocycles. The fourth-order valence-electron chi connectivity index (χ4n) is 0.674. The van der Waals surface area contributed by atoms with Gasteiger partial charge in [0.1, 0.15) is 6.61 Å². The number of nitrogens with zero attached hydrogens (tertiary/aromatic N) is 2. The minimum absolute atomic E-state index is 0.472. The molecule has 0 aliphatic heterocycles. The molecule has 0 amide bonds. The van der Waals surface area contributed by atoms with Gasteiger partial charge >= 0.3 is 0 Å². The third kappa shape index (κ3) is 2.04. The van der Waals surface area contributed by atoms with Gasteiger partial charge in [-0.1, -0.05) is 12.7 Å². The van der Waals surface area contributed by atoms with Gasteiger partial charge in [0.05, 0.1) is 5.69 Å². The van der Waals surface area contributed by atoms with Crippen molar-refractivity contribution in [2.75, 3.05) is 6.61 Å². The largest absolute Gasteiger partial charge is 0.472 e. The third-order valence-corrected chi connectivity index (χ3v) is 1.17. The summed E-state index contributed by atoms with van der Waals surface area (Å²) in [6.07, 6.45) is 4.91. The van der Waals surface area contributed by atoms with Crippen LogP contribution in [0.15, 0.2) is 25.0 Å². The molecule has 1 heterocycles. The second-order valence-corrected chi connectivity index (χ2v) is 2.05. The van der Waals surface area contributed by atoms with Gasteiger partial charge < -0.3 is 4.74 Å². The first-order chi connectivity index (χ1) is 5.34. The van der Waals surface area contributed by atoms with Crippen LogP contribution in [0.4, 0.5) is 0 Å².